The molecule has 1 aromatic carbocycles. The number of ether oxygens (including phenoxy) is 1. The minimum absolute atomic E-state index is 0.169. The molecule has 6 heteroatoms. The van der Waals surface area contributed by atoms with Crippen LogP contribution in [0.5, 0.6) is 5.75 Å². The van der Waals surface area contributed by atoms with Crippen LogP contribution in [-0.2, 0) is 9.53 Å². The van der Waals surface area contributed by atoms with Crippen LogP contribution < -0.4 is 10.6 Å². The summed E-state index contributed by atoms with van der Waals surface area (Å²) in [6, 6.07) is 5.62. The van der Waals surface area contributed by atoms with Crippen molar-refractivity contribution in [1.82, 2.24) is 10.6 Å². The summed E-state index contributed by atoms with van der Waals surface area (Å²) < 4.78 is 5.10. The minimum Gasteiger partial charge on any atom is -0.508 e. The molecule has 0 aliphatic rings. The Hall–Kier alpha value is -2.24. The number of alkyl carbamates (subject to hydrolysis) is 1. The van der Waals surface area contributed by atoms with Gasteiger partial charge in [-0.3, -0.25) is 4.79 Å². The molecular weight excluding hydrogens is 284 g/mol. The first-order valence-corrected chi connectivity index (χ1v) is 7.17. The number of hydrogen-bond donors (Lipinski definition) is 3. The number of nitrogens with one attached hydrogen (secondary N) is 2. The monoisotopic (exact) mass is 308 g/mol. The molecule has 0 unspecified atom stereocenters. The predicted octanol–water partition coefficient (Wildman–Crippen LogP) is 2.48. The van der Waals surface area contributed by atoms with Gasteiger partial charge in [-0.1, -0.05) is 12.1 Å². The second kappa shape index (κ2) is 7.15. The maximum atomic E-state index is 12.1. The van der Waals surface area contributed by atoms with Gasteiger partial charge < -0.3 is 20.5 Å². The third kappa shape index (κ3) is 6.03. The van der Waals surface area contributed by atoms with Gasteiger partial charge in [0.15, 0.2) is 0 Å². The van der Waals surface area contributed by atoms with Gasteiger partial charge in [-0.15, -0.1) is 0 Å². The highest BCUT2D eigenvalue weighted by Crippen LogP contribution is 2.16. The van der Waals surface area contributed by atoms with Crippen LogP contribution in [0.2, 0.25) is 0 Å². The molecular formula is C16H24N2O4. The molecule has 2 amide bonds. The summed E-state index contributed by atoms with van der Waals surface area (Å²) in [6.45, 7) is 8.67. The number of amides is 2. The highest BCUT2D eigenvalue weighted by atomic mass is 16.6. The van der Waals surface area contributed by atoms with Crippen molar-refractivity contribution in [2.75, 3.05) is 0 Å². The van der Waals surface area contributed by atoms with E-state index in [2.05, 4.69) is 10.6 Å². The van der Waals surface area contributed by atoms with E-state index < -0.39 is 17.7 Å². The van der Waals surface area contributed by atoms with Gasteiger partial charge in [0, 0.05) is 0 Å². The average molecular weight is 308 g/mol. The van der Waals surface area contributed by atoms with Gasteiger partial charge in [0.2, 0.25) is 5.91 Å². The number of benzene rings is 1. The highest BCUT2D eigenvalue weighted by molar-refractivity contribution is 5.85. The molecule has 0 fully saturated rings. The molecule has 0 bridgehead atoms. The van der Waals surface area contributed by atoms with E-state index in [-0.39, 0.29) is 17.7 Å². The fourth-order valence-electron chi connectivity index (χ4n) is 1.73. The largest absolute Gasteiger partial charge is 0.508 e. The Morgan fingerprint density at radius 1 is 1.09 bits per heavy atom. The van der Waals surface area contributed by atoms with Gasteiger partial charge in [0.05, 0.1) is 6.04 Å². The Kier molecular flexibility index (Phi) is 5.79. The van der Waals surface area contributed by atoms with E-state index in [0.717, 1.165) is 5.56 Å². The summed E-state index contributed by atoms with van der Waals surface area (Å²) in [5.74, 6) is -0.145. The SMILES string of the molecule is C[C@@H](NC(=O)OC(C)(C)C)C(=O)N[C@H](C)c1ccc(O)cc1. The van der Waals surface area contributed by atoms with Crippen molar-refractivity contribution in [3.63, 3.8) is 0 Å². The van der Waals surface area contributed by atoms with Crippen molar-refractivity contribution in [2.45, 2.75) is 52.3 Å². The van der Waals surface area contributed by atoms with Crippen molar-refractivity contribution in [1.29, 1.82) is 0 Å². The standard InChI is InChI=1S/C16H24N2O4/c1-10(12-6-8-13(19)9-7-12)17-14(20)11(2)18-15(21)22-16(3,4)5/h6-11,19H,1-5H3,(H,17,20)(H,18,21)/t10-,11-/m1/s1. The van der Waals surface area contributed by atoms with Crippen LogP contribution >= 0.6 is 0 Å². The van der Waals surface area contributed by atoms with Crippen LogP contribution in [0, 0.1) is 0 Å². The second-order valence-corrected chi connectivity index (χ2v) is 6.19. The van der Waals surface area contributed by atoms with Crippen LogP contribution in [0.1, 0.15) is 46.2 Å². The number of rotatable bonds is 4. The zero-order valence-corrected chi connectivity index (χ0v) is 13.6. The van der Waals surface area contributed by atoms with Gasteiger partial charge in [-0.2, -0.15) is 0 Å². The van der Waals surface area contributed by atoms with Crippen molar-refractivity contribution in [3.05, 3.63) is 29.8 Å². The van der Waals surface area contributed by atoms with Gasteiger partial charge >= 0.3 is 6.09 Å². The normalized spacial score (nSPS) is 13.9. The molecule has 3 N–H and O–H groups in total. The molecule has 0 aliphatic heterocycles. The van der Waals surface area contributed by atoms with E-state index in [1.54, 1.807) is 52.0 Å². The topological polar surface area (TPSA) is 87.7 Å². The molecule has 0 saturated carbocycles. The number of aromatic hydroxyl groups is 1. The maximum absolute atomic E-state index is 12.1. The molecule has 0 saturated heterocycles. The zero-order chi connectivity index (χ0) is 16.9. The van der Waals surface area contributed by atoms with Crippen LogP contribution in [0.4, 0.5) is 4.79 Å². The number of carbonyl (C=O) groups is 2. The van der Waals surface area contributed by atoms with E-state index in [4.69, 9.17) is 4.74 Å². The Labute approximate surface area is 130 Å². The van der Waals surface area contributed by atoms with Gasteiger partial charge in [0.25, 0.3) is 0 Å². The zero-order valence-electron chi connectivity index (χ0n) is 13.6. The lowest BCUT2D eigenvalue weighted by atomic mass is 10.1. The lowest BCUT2D eigenvalue weighted by molar-refractivity contribution is -0.123. The van der Waals surface area contributed by atoms with Gasteiger partial charge in [-0.05, 0) is 52.3 Å². The third-order valence-corrected chi connectivity index (χ3v) is 2.88. The summed E-state index contributed by atoms with van der Waals surface area (Å²) >= 11 is 0. The fourth-order valence-corrected chi connectivity index (χ4v) is 1.73. The van der Waals surface area contributed by atoms with Crippen molar-refractivity contribution in [2.24, 2.45) is 0 Å². The minimum atomic E-state index is -0.714. The fraction of sp³-hybridized carbons (Fsp3) is 0.500. The molecule has 6 nitrogen and oxygen atoms in total. The first-order valence-electron chi connectivity index (χ1n) is 7.17. The molecule has 0 radical (unpaired) electrons. The molecule has 2 atom stereocenters. The Morgan fingerprint density at radius 3 is 2.14 bits per heavy atom. The first kappa shape index (κ1) is 17.8. The van der Waals surface area contributed by atoms with Gasteiger partial charge in [0.1, 0.15) is 17.4 Å². The maximum Gasteiger partial charge on any atom is 0.408 e. The van der Waals surface area contributed by atoms with Crippen LogP contribution in [0.15, 0.2) is 24.3 Å². The molecule has 1 aromatic rings. The number of phenols is 1. The van der Waals surface area contributed by atoms with Crippen molar-refractivity contribution >= 4 is 12.0 Å². The van der Waals surface area contributed by atoms with Crippen LogP contribution in [-0.4, -0.2) is 28.7 Å². The Morgan fingerprint density at radius 2 is 1.64 bits per heavy atom. The van der Waals surface area contributed by atoms with E-state index in [1.165, 1.54) is 0 Å². The molecule has 0 aliphatic carbocycles. The number of hydrogen-bond acceptors (Lipinski definition) is 4. The summed E-state index contributed by atoms with van der Waals surface area (Å²) in [6.07, 6.45) is -0.632. The van der Waals surface area contributed by atoms with E-state index in [1.807, 2.05) is 6.92 Å². The molecule has 22 heavy (non-hydrogen) atoms. The summed E-state index contributed by atoms with van der Waals surface area (Å²) in [5, 5.41) is 14.5. The Bertz CT molecular complexity index is 520. The van der Waals surface area contributed by atoms with Crippen molar-refractivity contribution < 1.29 is 19.4 Å². The molecule has 0 spiro atoms. The summed E-state index contributed by atoms with van der Waals surface area (Å²) in [4.78, 5) is 23.7. The lowest BCUT2D eigenvalue weighted by Gasteiger charge is -2.22. The summed E-state index contributed by atoms with van der Waals surface area (Å²) in [5.41, 5.74) is 0.246. The first-order chi connectivity index (χ1) is 10.1. The third-order valence-electron chi connectivity index (χ3n) is 2.88. The highest BCUT2D eigenvalue weighted by Gasteiger charge is 2.22. The summed E-state index contributed by atoms with van der Waals surface area (Å²) in [7, 11) is 0. The van der Waals surface area contributed by atoms with E-state index in [9.17, 15) is 14.7 Å². The van der Waals surface area contributed by atoms with Crippen LogP contribution in [0.3, 0.4) is 0 Å². The average Bonchev–Trinajstić information content (AvgIpc) is 2.36. The van der Waals surface area contributed by atoms with E-state index in [0.29, 0.717) is 0 Å². The second-order valence-electron chi connectivity index (χ2n) is 6.19. The van der Waals surface area contributed by atoms with Gasteiger partial charge in [-0.25, -0.2) is 4.79 Å². The van der Waals surface area contributed by atoms with E-state index >= 15 is 0 Å². The Balaban J connectivity index is 2.53. The smallest absolute Gasteiger partial charge is 0.408 e. The predicted molar refractivity (Wildman–Crippen MR) is 83.5 cm³/mol. The molecule has 1 rings (SSSR count). The van der Waals surface area contributed by atoms with Crippen molar-refractivity contribution in [3.8, 4) is 5.75 Å². The lowest BCUT2D eigenvalue weighted by Crippen LogP contribution is -2.47. The number of phenolic OH excluding ortho intramolecular Hbond substituents is 1. The molecule has 0 aromatic heterocycles. The number of carbonyl (C=O) groups excluding carboxylic acids is 2. The quantitative estimate of drug-likeness (QED) is 0.797. The molecule has 0 heterocycles. The van der Waals surface area contributed by atoms with Crippen LogP contribution in [0.25, 0.3) is 0 Å². The molecule has 122 valence electrons.